The van der Waals surface area contributed by atoms with Crippen molar-refractivity contribution in [2.45, 2.75) is 115 Å². The number of ether oxygens (including phenoxy) is 3. The van der Waals surface area contributed by atoms with Gasteiger partial charge < -0.3 is 29.5 Å². The number of aliphatic hydroxyl groups excluding tert-OH is 2. The summed E-state index contributed by atoms with van der Waals surface area (Å²) in [4.78, 5) is 24.7. The summed E-state index contributed by atoms with van der Waals surface area (Å²) in [7, 11) is 0. The molecule has 3 aliphatic rings. The van der Waals surface area contributed by atoms with E-state index in [2.05, 4.69) is 20.4 Å². The SMILES string of the molecule is C=C1[C@@H]2[C@@H]3O[C@H]([C@@H]2[C@@H](C(C)C)C[C@@H]1O)[C@](C)(OC(=O)CCC)CC[C@H](O)[C@@](C)(O)[C@H]3OC(C)=O. The number of carbonyl (C=O) groups excluding carboxylic acids is 2. The van der Waals surface area contributed by atoms with Gasteiger partial charge in [0.1, 0.15) is 23.4 Å². The summed E-state index contributed by atoms with van der Waals surface area (Å²) >= 11 is 0. The number of rotatable bonds is 5. The first-order valence-electron chi connectivity index (χ1n) is 12.6. The van der Waals surface area contributed by atoms with Crippen LogP contribution in [0.3, 0.4) is 0 Å². The lowest BCUT2D eigenvalue weighted by Gasteiger charge is -2.48. The maximum atomic E-state index is 12.7. The summed E-state index contributed by atoms with van der Waals surface area (Å²) in [6.07, 6.45) is -2.90. The van der Waals surface area contributed by atoms with Crippen LogP contribution >= 0.6 is 0 Å². The van der Waals surface area contributed by atoms with Crippen molar-refractivity contribution in [1.29, 1.82) is 0 Å². The third-order valence-corrected chi connectivity index (χ3v) is 8.28. The molecule has 3 rings (SSSR count). The minimum Gasteiger partial charge on any atom is -0.457 e. The maximum Gasteiger partial charge on any atom is 0.306 e. The Balaban J connectivity index is 2.18. The Morgan fingerprint density at radius 2 is 1.91 bits per heavy atom. The van der Waals surface area contributed by atoms with Gasteiger partial charge in [0, 0.05) is 25.2 Å². The number of fused-ring (bicyclic) bond motifs is 5. The molecule has 2 heterocycles. The summed E-state index contributed by atoms with van der Waals surface area (Å²) in [6, 6.07) is 0. The normalized spacial score (nSPS) is 44.6. The second-order valence-corrected chi connectivity index (χ2v) is 11.2. The molecule has 8 nitrogen and oxygen atoms in total. The van der Waals surface area contributed by atoms with Crippen molar-refractivity contribution in [2.75, 3.05) is 0 Å². The van der Waals surface area contributed by atoms with Crippen LogP contribution in [-0.2, 0) is 23.8 Å². The van der Waals surface area contributed by atoms with Gasteiger partial charge in [0.15, 0.2) is 6.10 Å². The highest BCUT2D eigenvalue weighted by atomic mass is 16.6. The van der Waals surface area contributed by atoms with E-state index < -0.39 is 53.6 Å². The van der Waals surface area contributed by atoms with Crippen molar-refractivity contribution in [3.05, 3.63) is 12.2 Å². The summed E-state index contributed by atoms with van der Waals surface area (Å²) < 4.78 is 18.3. The molecule has 3 N–H and O–H groups in total. The van der Waals surface area contributed by atoms with Crippen LogP contribution in [0.4, 0.5) is 0 Å². The molecule has 0 aromatic carbocycles. The Hall–Kier alpha value is -1.48. The van der Waals surface area contributed by atoms with Gasteiger partial charge >= 0.3 is 11.9 Å². The highest BCUT2D eigenvalue weighted by Gasteiger charge is 2.65. The van der Waals surface area contributed by atoms with Gasteiger partial charge in [-0.05, 0) is 56.9 Å². The quantitative estimate of drug-likeness (QED) is 0.404. The number of aliphatic hydroxyl groups is 3. The lowest BCUT2D eigenvalue weighted by molar-refractivity contribution is -0.206. The van der Waals surface area contributed by atoms with E-state index in [-0.39, 0.29) is 43.0 Å². The van der Waals surface area contributed by atoms with Gasteiger partial charge in [-0.25, -0.2) is 0 Å². The van der Waals surface area contributed by atoms with Crippen molar-refractivity contribution >= 4 is 11.9 Å². The van der Waals surface area contributed by atoms with Gasteiger partial charge in [0.05, 0.1) is 12.2 Å². The molecule has 0 radical (unpaired) electrons. The molecule has 2 saturated heterocycles. The van der Waals surface area contributed by atoms with E-state index in [1.165, 1.54) is 13.8 Å². The average molecular weight is 483 g/mol. The molecule has 2 bridgehead atoms. The van der Waals surface area contributed by atoms with Crippen LogP contribution in [0.5, 0.6) is 0 Å². The molecule has 194 valence electrons. The minimum absolute atomic E-state index is 0.0250. The maximum absolute atomic E-state index is 12.7. The number of hydrogen-bond acceptors (Lipinski definition) is 8. The Morgan fingerprint density at radius 1 is 1.26 bits per heavy atom. The van der Waals surface area contributed by atoms with Crippen molar-refractivity contribution in [1.82, 2.24) is 0 Å². The summed E-state index contributed by atoms with van der Waals surface area (Å²) in [6.45, 7) is 14.7. The zero-order valence-electron chi connectivity index (χ0n) is 21.3. The fourth-order valence-corrected chi connectivity index (χ4v) is 6.39. The fraction of sp³-hybridized carbons (Fsp3) is 0.846. The predicted molar refractivity (Wildman–Crippen MR) is 125 cm³/mol. The zero-order chi connectivity index (χ0) is 25.6. The average Bonchev–Trinajstić information content (AvgIpc) is 3.13. The molecule has 0 spiro atoms. The van der Waals surface area contributed by atoms with Gasteiger partial charge in [0.25, 0.3) is 0 Å². The van der Waals surface area contributed by atoms with Crippen LogP contribution in [0.25, 0.3) is 0 Å². The van der Waals surface area contributed by atoms with Crippen LogP contribution in [0.1, 0.15) is 73.6 Å². The topological polar surface area (TPSA) is 123 Å². The monoisotopic (exact) mass is 482 g/mol. The van der Waals surface area contributed by atoms with Crippen LogP contribution in [-0.4, -0.2) is 69.0 Å². The van der Waals surface area contributed by atoms with E-state index in [1.54, 1.807) is 0 Å². The molecule has 1 saturated carbocycles. The summed E-state index contributed by atoms with van der Waals surface area (Å²) in [5, 5.41) is 33.3. The Kier molecular flexibility index (Phi) is 7.88. The van der Waals surface area contributed by atoms with Gasteiger partial charge in [-0.2, -0.15) is 0 Å². The smallest absolute Gasteiger partial charge is 0.306 e. The second kappa shape index (κ2) is 9.88. The molecule has 2 aliphatic heterocycles. The molecular weight excluding hydrogens is 440 g/mol. The molecule has 0 amide bonds. The van der Waals surface area contributed by atoms with Crippen LogP contribution < -0.4 is 0 Å². The van der Waals surface area contributed by atoms with E-state index in [4.69, 9.17) is 14.2 Å². The van der Waals surface area contributed by atoms with Gasteiger partial charge in [0.2, 0.25) is 0 Å². The molecule has 10 atom stereocenters. The molecule has 0 aromatic rings. The molecule has 3 fully saturated rings. The third-order valence-electron chi connectivity index (χ3n) is 8.28. The largest absolute Gasteiger partial charge is 0.457 e. The first kappa shape index (κ1) is 27.1. The molecule has 8 heteroatoms. The number of esters is 2. The molecule has 0 aromatic heterocycles. The molecule has 0 unspecified atom stereocenters. The molecular formula is C26H42O8. The molecule has 34 heavy (non-hydrogen) atoms. The predicted octanol–water partition coefficient (Wildman–Crippen LogP) is 2.52. The number of hydrogen-bond donors (Lipinski definition) is 3. The first-order chi connectivity index (χ1) is 15.7. The Bertz CT molecular complexity index is 792. The van der Waals surface area contributed by atoms with Crippen molar-refractivity contribution in [3.8, 4) is 0 Å². The van der Waals surface area contributed by atoms with E-state index in [9.17, 15) is 24.9 Å². The van der Waals surface area contributed by atoms with Crippen LogP contribution in [0.2, 0.25) is 0 Å². The fourth-order valence-electron chi connectivity index (χ4n) is 6.39. The van der Waals surface area contributed by atoms with E-state index in [0.717, 1.165) is 0 Å². The highest BCUT2D eigenvalue weighted by Crippen LogP contribution is 2.56. The first-order valence-corrected chi connectivity index (χ1v) is 12.6. The summed E-state index contributed by atoms with van der Waals surface area (Å²) in [5.74, 6) is -1.37. The van der Waals surface area contributed by atoms with Crippen LogP contribution in [0.15, 0.2) is 12.2 Å². The van der Waals surface area contributed by atoms with Gasteiger partial charge in [-0.1, -0.05) is 27.4 Å². The molecule has 1 aliphatic carbocycles. The Morgan fingerprint density at radius 3 is 2.47 bits per heavy atom. The van der Waals surface area contributed by atoms with E-state index >= 15 is 0 Å². The lowest BCUT2D eigenvalue weighted by atomic mass is 9.59. The second-order valence-electron chi connectivity index (χ2n) is 11.2. The van der Waals surface area contributed by atoms with Crippen molar-refractivity contribution in [2.24, 2.45) is 23.7 Å². The Labute approximate surface area is 202 Å². The van der Waals surface area contributed by atoms with Gasteiger partial charge in [-0.3, -0.25) is 9.59 Å². The number of carbonyl (C=O) groups is 2. The highest BCUT2D eigenvalue weighted by molar-refractivity contribution is 5.70. The summed E-state index contributed by atoms with van der Waals surface area (Å²) in [5.41, 5.74) is -2.36. The van der Waals surface area contributed by atoms with Crippen molar-refractivity contribution in [3.63, 3.8) is 0 Å². The zero-order valence-corrected chi connectivity index (χ0v) is 21.3. The third kappa shape index (κ3) is 4.79. The van der Waals surface area contributed by atoms with Crippen molar-refractivity contribution < 1.29 is 39.1 Å². The van der Waals surface area contributed by atoms with Gasteiger partial charge in [-0.15, -0.1) is 0 Å². The minimum atomic E-state index is -1.83. The standard InChI is InChI=1S/C26H42O8/c1-8-9-19(30)34-25(6)11-10-18(29)26(7,31)24(32-15(5)27)22-20-14(4)17(28)12-16(13(2)3)21(20)23(25)33-22/h13,16-18,20-24,28-29,31H,4,8-12H2,1-3,5-7H3/t16-,17+,18+,20+,21-,22+,23-,24+,25-,26-/m1/s1. The van der Waals surface area contributed by atoms with E-state index in [0.29, 0.717) is 18.4 Å². The lowest BCUT2D eigenvalue weighted by Crippen LogP contribution is -2.59. The van der Waals surface area contributed by atoms with E-state index in [1.807, 2.05) is 13.8 Å². The van der Waals surface area contributed by atoms with Crippen LogP contribution in [0, 0.1) is 23.7 Å².